The van der Waals surface area contributed by atoms with E-state index in [0.717, 1.165) is 0 Å². The van der Waals surface area contributed by atoms with Gasteiger partial charge in [0, 0.05) is 20.1 Å². The van der Waals surface area contributed by atoms with Gasteiger partial charge in [0.05, 0.1) is 29.3 Å². The number of nitrogens with zero attached hydrogens (tertiary/aromatic N) is 3. The molecule has 1 N–H and O–H groups in total. The fourth-order valence-electron chi connectivity index (χ4n) is 4.21. The summed E-state index contributed by atoms with van der Waals surface area (Å²) in [5.74, 6) is -0.360. The normalized spacial score (nSPS) is 16.9. The second-order valence-corrected chi connectivity index (χ2v) is 10.2. The molecule has 9 nitrogen and oxygen atoms in total. The monoisotopic (exact) mass is 484 g/mol. The maximum atomic E-state index is 13.1. The maximum Gasteiger partial charge on any atom is 0.295 e. The highest BCUT2D eigenvalue weighted by Crippen LogP contribution is 2.26. The van der Waals surface area contributed by atoms with Crippen molar-refractivity contribution in [2.75, 3.05) is 25.5 Å². The summed E-state index contributed by atoms with van der Waals surface area (Å²) < 4.78 is 35.9. The van der Waals surface area contributed by atoms with Crippen molar-refractivity contribution in [2.45, 2.75) is 24.7 Å². The van der Waals surface area contributed by atoms with Crippen molar-refractivity contribution in [3.05, 3.63) is 70.6 Å². The third-order valence-corrected chi connectivity index (χ3v) is 8.13. The number of hydrogen-bond acceptors (Lipinski definition) is 5. The van der Waals surface area contributed by atoms with Crippen LogP contribution in [0.3, 0.4) is 0 Å². The fraction of sp³-hybridized carbons (Fsp3) is 0.333. The molecule has 1 atom stereocenters. The molecule has 3 aromatic rings. The molecule has 1 aromatic heterocycles. The summed E-state index contributed by atoms with van der Waals surface area (Å²) in [6.07, 6.45) is 1.09. The van der Waals surface area contributed by atoms with E-state index < -0.39 is 15.9 Å². The first-order chi connectivity index (χ1) is 16.2. The number of carbonyl (C=O) groups excluding carboxylic acids is 1. The standard InChI is InChI=1S/C24H28N4O5S/c1-17-22(24(30)28(26(17)2)19-9-5-4-6-10-19)25-23(29)18-8-7-15-27(16-18)34(31,32)21-13-11-20(33-3)12-14-21/h4-6,9-14,18H,7-8,15-16H2,1-3H3,(H,25,29)/t18-/m0/s1. The number of anilines is 1. The van der Waals surface area contributed by atoms with Crippen molar-refractivity contribution in [1.82, 2.24) is 13.7 Å². The molecule has 2 aromatic carbocycles. The van der Waals surface area contributed by atoms with Gasteiger partial charge in [-0.1, -0.05) is 18.2 Å². The molecule has 1 amide bonds. The van der Waals surface area contributed by atoms with E-state index in [4.69, 9.17) is 4.74 Å². The van der Waals surface area contributed by atoms with Crippen molar-refractivity contribution in [3.63, 3.8) is 0 Å². The molecule has 0 aliphatic carbocycles. The Kier molecular flexibility index (Phi) is 6.63. The van der Waals surface area contributed by atoms with Crippen LogP contribution in [-0.2, 0) is 21.9 Å². The quantitative estimate of drug-likeness (QED) is 0.579. The number of sulfonamides is 1. The smallest absolute Gasteiger partial charge is 0.295 e. The van der Waals surface area contributed by atoms with E-state index in [1.807, 2.05) is 30.3 Å². The average molecular weight is 485 g/mol. The van der Waals surface area contributed by atoms with Crippen LogP contribution in [0.4, 0.5) is 5.69 Å². The Morgan fingerprint density at radius 2 is 1.76 bits per heavy atom. The number of rotatable bonds is 6. The van der Waals surface area contributed by atoms with Crippen LogP contribution in [0.15, 0.2) is 64.3 Å². The Bertz CT molecular complexity index is 1340. The summed E-state index contributed by atoms with van der Waals surface area (Å²) in [7, 11) is -0.486. The molecule has 0 spiro atoms. The Labute approximate surface area is 198 Å². The maximum absolute atomic E-state index is 13.1. The number of carbonyl (C=O) groups is 1. The number of hydrogen-bond donors (Lipinski definition) is 1. The van der Waals surface area contributed by atoms with E-state index in [1.165, 1.54) is 28.2 Å². The summed E-state index contributed by atoms with van der Waals surface area (Å²) in [5, 5.41) is 2.77. The molecule has 2 heterocycles. The highest BCUT2D eigenvalue weighted by atomic mass is 32.2. The van der Waals surface area contributed by atoms with Gasteiger partial charge in [0.1, 0.15) is 11.4 Å². The van der Waals surface area contributed by atoms with Crippen LogP contribution in [0.1, 0.15) is 18.5 Å². The molecule has 0 unspecified atom stereocenters. The lowest BCUT2D eigenvalue weighted by molar-refractivity contribution is -0.120. The Balaban J connectivity index is 1.54. The first-order valence-electron chi connectivity index (χ1n) is 11.0. The molecule has 1 fully saturated rings. The van der Waals surface area contributed by atoms with Gasteiger partial charge >= 0.3 is 0 Å². The van der Waals surface area contributed by atoms with E-state index in [1.54, 1.807) is 30.8 Å². The Morgan fingerprint density at radius 1 is 1.09 bits per heavy atom. The largest absolute Gasteiger partial charge is 0.497 e. The van der Waals surface area contributed by atoms with Crippen LogP contribution in [0.25, 0.3) is 5.69 Å². The number of methoxy groups -OCH3 is 1. The number of para-hydroxylation sites is 1. The second-order valence-electron chi connectivity index (χ2n) is 8.30. The van der Waals surface area contributed by atoms with Gasteiger partial charge in [-0.15, -0.1) is 0 Å². The van der Waals surface area contributed by atoms with Crippen molar-refractivity contribution in [3.8, 4) is 11.4 Å². The average Bonchev–Trinajstić information content (AvgIpc) is 3.07. The van der Waals surface area contributed by atoms with Crippen LogP contribution in [0.2, 0.25) is 0 Å². The van der Waals surface area contributed by atoms with Gasteiger partial charge in [-0.25, -0.2) is 13.1 Å². The number of ether oxygens (including phenoxy) is 1. The minimum Gasteiger partial charge on any atom is -0.497 e. The van der Waals surface area contributed by atoms with Crippen molar-refractivity contribution >= 4 is 21.6 Å². The van der Waals surface area contributed by atoms with Crippen molar-refractivity contribution < 1.29 is 17.9 Å². The molecule has 0 bridgehead atoms. The number of nitrogens with one attached hydrogen (secondary N) is 1. The summed E-state index contributed by atoms with van der Waals surface area (Å²) in [5.41, 5.74) is 1.17. The molecule has 1 aliphatic rings. The Morgan fingerprint density at radius 3 is 2.41 bits per heavy atom. The number of piperidine rings is 1. The molecular formula is C24H28N4O5S. The van der Waals surface area contributed by atoms with E-state index in [9.17, 15) is 18.0 Å². The topological polar surface area (TPSA) is 103 Å². The van der Waals surface area contributed by atoms with Crippen LogP contribution in [-0.4, -0.2) is 48.2 Å². The van der Waals surface area contributed by atoms with Gasteiger partial charge in [-0.05, 0) is 56.2 Å². The summed E-state index contributed by atoms with van der Waals surface area (Å²) in [4.78, 5) is 26.4. The summed E-state index contributed by atoms with van der Waals surface area (Å²) in [6, 6.07) is 15.3. The zero-order chi connectivity index (χ0) is 24.5. The molecule has 1 aliphatic heterocycles. The van der Waals surface area contributed by atoms with Gasteiger partial charge in [-0.3, -0.25) is 14.3 Å². The number of benzene rings is 2. The molecular weight excluding hydrogens is 456 g/mol. The van der Waals surface area contributed by atoms with Gasteiger partial charge in [0.25, 0.3) is 5.56 Å². The van der Waals surface area contributed by atoms with Crippen LogP contribution >= 0.6 is 0 Å². The highest BCUT2D eigenvalue weighted by Gasteiger charge is 2.34. The van der Waals surface area contributed by atoms with Gasteiger partial charge in [0.15, 0.2) is 0 Å². The Hall–Kier alpha value is -3.37. The van der Waals surface area contributed by atoms with Crippen molar-refractivity contribution in [2.24, 2.45) is 13.0 Å². The SMILES string of the molecule is COc1ccc(S(=O)(=O)N2CCC[C@H](C(=O)Nc3c(C)n(C)n(-c4ccccc4)c3=O)C2)cc1. The minimum atomic E-state index is -3.75. The predicted octanol–water partition coefficient (Wildman–Crippen LogP) is 2.53. The van der Waals surface area contributed by atoms with Crippen LogP contribution < -0.4 is 15.6 Å². The zero-order valence-electron chi connectivity index (χ0n) is 19.4. The minimum absolute atomic E-state index is 0.0545. The molecule has 0 radical (unpaired) electrons. The second kappa shape index (κ2) is 9.47. The first kappa shape index (κ1) is 23.8. The fourth-order valence-corrected chi connectivity index (χ4v) is 5.73. The third kappa shape index (κ3) is 4.38. The predicted molar refractivity (Wildman–Crippen MR) is 129 cm³/mol. The molecule has 0 saturated carbocycles. The molecule has 1 saturated heterocycles. The van der Waals surface area contributed by atoms with E-state index in [-0.39, 0.29) is 28.6 Å². The lowest BCUT2D eigenvalue weighted by Crippen LogP contribution is -2.44. The van der Waals surface area contributed by atoms with E-state index in [0.29, 0.717) is 36.5 Å². The lowest BCUT2D eigenvalue weighted by Gasteiger charge is -2.31. The third-order valence-electron chi connectivity index (χ3n) is 6.25. The molecule has 34 heavy (non-hydrogen) atoms. The van der Waals surface area contributed by atoms with Gasteiger partial charge < -0.3 is 10.1 Å². The molecule has 10 heteroatoms. The summed E-state index contributed by atoms with van der Waals surface area (Å²) in [6.45, 7) is 2.15. The highest BCUT2D eigenvalue weighted by molar-refractivity contribution is 7.89. The summed E-state index contributed by atoms with van der Waals surface area (Å²) >= 11 is 0. The number of amides is 1. The van der Waals surface area contributed by atoms with E-state index in [2.05, 4.69) is 5.32 Å². The molecule has 4 rings (SSSR count). The zero-order valence-corrected chi connectivity index (χ0v) is 20.2. The number of aromatic nitrogens is 2. The van der Waals surface area contributed by atoms with Crippen LogP contribution in [0.5, 0.6) is 5.75 Å². The van der Waals surface area contributed by atoms with Gasteiger partial charge in [0.2, 0.25) is 15.9 Å². The molecule has 180 valence electrons. The van der Waals surface area contributed by atoms with Gasteiger partial charge in [-0.2, -0.15) is 4.31 Å². The van der Waals surface area contributed by atoms with Crippen molar-refractivity contribution in [1.29, 1.82) is 0 Å². The van der Waals surface area contributed by atoms with Crippen LogP contribution in [0, 0.1) is 12.8 Å². The first-order valence-corrected chi connectivity index (χ1v) is 12.5. The lowest BCUT2D eigenvalue weighted by atomic mass is 9.99. The van der Waals surface area contributed by atoms with E-state index >= 15 is 0 Å².